The van der Waals surface area contributed by atoms with Gasteiger partial charge in [-0.25, -0.2) is 4.52 Å². The number of rotatable bonds is 4. The van der Waals surface area contributed by atoms with Crippen molar-refractivity contribution in [1.29, 1.82) is 5.26 Å². The Bertz CT molecular complexity index is 1420. The number of benzene rings is 1. The second kappa shape index (κ2) is 8.52. The van der Waals surface area contributed by atoms with Crippen molar-refractivity contribution < 1.29 is 4.79 Å². The number of aryl methyl sites for hydroxylation is 1. The maximum Gasteiger partial charge on any atom is 0.246 e. The van der Waals surface area contributed by atoms with Crippen molar-refractivity contribution in [3.63, 3.8) is 0 Å². The Kier molecular flexibility index (Phi) is 5.38. The first-order valence-electron chi connectivity index (χ1n) is 11.2. The molecule has 34 heavy (non-hydrogen) atoms. The summed E-state index contributed by atoms with van der Waals surface area (Å²) < 4.78 is 3.53. The van der Waals surface area contributed by atoms with Gasteiger partial charge < -0.3 is 9.80 Å². The maximum absolute atomic E-state index is 12.0. The molecule has 1 fully saturated rings. The molecule has 1 atom stereocenters. The number of nitriles is 1. The third-order valence-corrected chi connectivity index (χ3v) is 6.40. The van der Waals surface area contributed by atoms with Crippen molar-refractivity contribution in [2.45, 2.75) is 13.0 Å². The minimum absolute atomic E-state index is 0.0193. The molecule has 0 spiro atoms. The molecule has 3 aromatic heterocycles. The Morgan fingerprint density at radius 2 is 1.91 bits per heavy atom. The van der Waals surface area contributed by atoms with Gasteiger partial charge in [0, 0.05) is 67.5 Å². The van der Waals surface area contributed by atoms with Crippen LogP contribution in [0.1, 0.15) is 12.5 Å². The van der Waals surface area contributed by atoms with E-state index in [-0.39, 0.29) is 11.9 Å². The number of carbonyl (C=O) groups is 1. The molecule has 1 aliphatic rings. The van der Waals surface area contributed by atoms with E-state index < -0.39 is 0 Å². The number of amides is 1. The highest BCUT2D eigenvalue weighted by Crippen LogP contribution is 2.33. The first-order valence-corrected chi connectivity index (χ1v) is 11.2. The van der Waals surface area contributed by atoms with Crippen LogP contribution in [0.2, 0.25) is 0 Å². The third kappa shape index (κ3) is 3.71. The van der Waals surface area contributed by atoms with E-state index in [0.29, 0.717) is 12.1 Å². The number of fused-ring (bicyclic) bond motifs is 1. The fourth-order valence-electron chi connectivity index (χ4n) is 4.64. The number of hydrogen-bond donors (Lipinski definition) is 0. The maximum atomic E-state index is 12.0. The first kappa shape index (κ1) is 21.5. The molecule has 1 aliphatic heterocycles. The number of piperazine rings is 1. The van der Waals surface area contributed by atoms with Gasteiger partial charge in [0.1, 0.15) is 6.07 Å². The van der Waals surface area contributed by atoms with E-state index in [1.807, 2.05) is 30.5 Å². The Labute approximate surface area is 197 Å². The summed E-state index contributed by atoms with van der Waals surface area (Å²) in [6, 6.07) is 12.8. The molecule has 8 heteroatoms. The smallest absolute Gasteiger partial charge is 0.246 e. The zero-order chi connectivity index (χ0) is 23.8. The molecule has 5 rings (SSSR count). The molecule has 0 aliphatic carbocycles. The lowest BCUT2D eigenvalue weighted by molar-refractivity contribution is -0.128. The van der Waals surface area contributed by atoms with Gasteiger partial charge in [-0.2, -0.15) is 15.5 Å². The average Bonchev–Trinajstić information content (AvgIpc) is 3.49. The van der Waals surface area contributed by atoms with Crippen molar-refractivity contribution in [3.8, 4) is 28.3 Å². The van der Waals surface area contributed by atoms with E-state index in [0.717, 1.165) is 46.5 Å². The van der Waals surface area contributed by atoms with Crippen LogP contribution in [0.5, 0.6) is 0 Å². The molecule has 0 saturated carbocycles. The summed E-state index contributed by atoms with van der Waals surface area (Å²) in [6.07, 6.45) is 8.69. The van der Waals surface area contributed by atoms with Gasteiger partial charge in [-0.3, -0.25) is 9.48 Å². The molecule has 8 nitrogen and oxygen atoms in total. The van der Waals surface area contributed by atoms with Crippen LogP contribution in [0.3, 0.4) is 0 Å². The molecule has 170 valence electrons. The van der Waals surface area contributed by atoms with Crippen LogP contribution in [-0.4, -0.2) is 55.9 Å². The predicted molar refractivity (Wildman–Crippen MR) is 131 cm³/mol. The molecule has 0 radical (unpaired) electrons. The average molecular weight is 452 g/mol. The van der Waals surface area contributed by atoms with E-state index >= 15 is 0 Å². The summed E-state index contributed by atoms with van der Waals surface area (Å²) in [5, 5.41) is 18.3. The molecule has 4 aromatic rings. The van der Waals surface area contributed by atoms with Gasteiger partial charge in [-0.15, -0.1) is 0 Å². The molecular weight excluding hydrogens is 426 g/mol. The molecule has 1 amide bonds. The van der Waals surface area contributed by atoms with Crippen LogP contribution in [0.4, 0.5) is 5.69 Å². The zero-order valence-corrected chi connectivity index (χ0v) is 19.2. The normalized spacial score (nSPS) is 16.0. The molecule has 4 heterocycles. The number of aromatic nitrogens is 4. The highest BCUT2D eigenvalue weighted by atomic mass is 16.2. The molecule has 0 unspecified atom stereocenters. The van der Waals surface area contributed by atoms with E-state index in [4.69, 9.17) is 0 Å². The lowest BCUT2D eigenvalue weighted by Crippen LogP contribution is -2.53. The summed E-state index contributed by atoms with van der Waals surface area (Å²) in [5.41, 5.74) is 6.33. The van der Waals surface area contributed by atoms with E-state index in [9.17, 15) is 10.1 Å². The lowest BCUT2D eigenvalue weighted by atomic mass is 9.99. The van der Waals surface area contributed by atoms with Crippen LogP contribution < -0.4 is 4.90 Å². The minimum atomic E-state index is -0.0193. The summed E-state index contributed by atoms with van der Waals surface area (Å²) in [6.45, 7) is 7.87. The minimum Gasteiger partial charge on any atom is -0.368 e. The number of carbonyl (C=O) groups excluding carboxylic acids is 1. The Morgan fingerprint density at radius 1 is 1.12 bits per heavy atom. The molecular formula is C26H25N7O. The second-order valence-electron chi connectivity index (χ2n) is 8.59. The van der Waals surface area contributed by atoms with Crippen molar-refractivity contribution >= 4 is 17.1 Å². The number of pyridine rings is 1. The third-order valence-electron chi connectivity index (χ3n) is 6.40. The highest BCUT2D eigenvalue weighted by molar-refractivity contribution is 5.88. The van der Waals surface area contributed by atoms with Crippen LogP contribution in [0.25, 0.3) is 27.8 Å². The standard InChI is InChI=1S/C26H25N7O/c1-4-25(34)32-10-9-31(15-18(32)2)23-7-5-19(6-8-23)24-11-20(22-14-28-30(3)16-22)17-33-26(24)21(12-27)13-29-33/h4-8,11,13-14,16-18H,1,9-10,15H2,2-3H3/t18-/m1/s1. The van der Waals surface area contributed by atoms with E-state index in [1.165, 1.54) is 6.08 Å². The van der Waals surface area contributed by atoms with Crippen LogP contribution >= 0.6 is 0 Å². The van der Waals surface area contributed by atoms with E-state index in [1.54, 1.807) is 15.4 Å². The zero-order valence-electron chi connectivity index (χ0n) is 19.2. The molecule has 1 saturated heterocycles. The fourth-order valence-corrected chi connectivity index (χ4v) is 4.64. The predicted octanol–water partition coefficient (Wildman–Crippen LogP) is 3.50. The van der Waals surface area contributed by atoms with Gasteiger partial charge >= 0.3 is 0 Å². The SMILES string of the molecule is C=CC(=O)N1CCN(c2ccc(-c3cc(-c4cnn(C)c4)cn4ncc(C#N)c34)cc2)C[C@H]1C. The number of anilines is 1. The molecule has 1 aromatic carbocycles. The Balaban J connectivity index is 1.49. The largest absolute Gasteiger partial charge is 0.368 e. The van der Waals surface area contributed by atoms with Crippen molar-refractivity contribution in [2.24, 2.45) is 7.05 Å². The van der Waals surface area contributed by atoms with Gasteiger partial charge in [0.25, 0.3) is 0 Å². The molecule has 0 bridgehead atoms. The summed E-state index contributed by atoms with van der Waals surface area (Å²) >= 11 is 0. The monoisotopic (exact) mass is 451 g/mol. The quantitative estimate of drug-likeness (QED) is 0.444. The number of hydrogen-bond acceptors (Lipinski definition) is 5. The van der Waals surface area contributed by atoms with Crippen LogP contribution in [0.15, 0.2) is 67.8 Å². The summed E-state index contributed by atoms with van der Waals surface area (Å²) in [4.78, 5) is 16.2. The summed E-state index contributed by atoms with van der Waals surface area (Å²) in [5.74, 6) is -0.0193. The van der Waals surface area contributed by atoms with Crippen LogP contribution in [-0.2, 0) is 11.8 Å². The Hall–Kier alpha value is -4.38. The van der Waals surface area contributed by atoms with Crippen molar-refractivity contribution in [1.82, 2.24) is 24.3 Å². The topological polar surface area (TPSA) is 82.5 Å². The van der Waals surface area contributed by atoms with Crippen molar-refractivity contribution in [2.75, 3.05) is 24.5 Å². The van der Waals surface area contributed by atoms with Gasteiger partial charge in [-0.05, 0) is 36.8 Å². The Morgan fingerprint density at radius 3 is 2.56 bits per heavy atom. The van der Waals surface area contributed by atoms with Gasteiger partial charge in [0.05, 0.1) is 23.5 Å². The van der Waals surface area contributed by atoms with Gasteiger partial charge in [0.15, 0.2) is 0 Å². The lowest BCUT2D eigenvalue weighted by Gasteiger charge is -2.40. The number of nitrogens with zero attached hydrogens (tertiary/aromatic N) is 7. The second-order valence-corrected chi connectivity index (χ2v) is 8.59. The first-order chi connectivity index (χ1) is 16.5. The highest BCUT2D eigenvalue weighted by Gasteiger charge is 2.26. The molecule has 0 N–H and O–H groups in total. The summed E-state index contributed by atoms with van der Waals surface area (Å²) in [7, 11) is 1.89. The van der Waals surface area contributed by atoms with Crippen LogP contribution in [0, 0.1) is 11.3 Å². The van der Waals surface area contributed by atoms with E-state index in [2.05, 4.69) is 65.0 Å². The van der Waals surface area contributed by atoms with Gasteiger partial charge in [0.2, 0.25) is 5.91 Å². The van der Waals surface area contributed by atoms with Crippen molar-refractivity contribution in [3.05, 3.63) is 73.3 Å². The van der Waals surface area contributed by atoms with Gasteiger partial charge in [-0.1, -0.05) is 18.7 Å². The fraction of sp³-hybridized carbons (Fsp3) is 0.231.